The first-order chi connectivity index (χ1) is 15.8. The summed E-state index contributed by atoms with van der Waals surface area (Å²) in [5, 5.41) is 0.570. The molecule has 0 aliphatic rings. The fourth-order valence-electron chi connectivity index (χ4n) is 3.06. The Labute approximate surface area is 196 Å². The lowest BCUT2D eigenvalue weighted by Crippen LogP contribution is -2.32. The molecule has 3 aromatic rings. The van der Waals surface area contributed by atoms with Crippen molar-refractivity contribution in [3.8, 4) is 5.88 Å². The van der Waals surface area contributed by atoms with Crippen LogP contribution in [0.1, 0.15) is 33.0 Å². The maximum Gasteiger partial charge on any atom is 0.253 e. The molecule has 0 saturated carbocycles. The maximum atomic E-state index is 13.3. The third-order valence-corrected chi connectivity index (χ3v) is 5.02. The number of carbonyl (C=O) groups excluding carboxylic acids is 3. The number of ketones is 1. The standard InChI is InChI=1S/C24H23ClN4O4/c1-28(2)24(32)17-5-4-6-19(13-17)29(15-16-7-9-18(25)10-8-16)22(31)14-20(30)23-26-12-11-21(27-23)33-3/h4-13H,14-15H2,1-3H3. The van der Waals surface area contributed by atoms with Crippen LogP contribution >= 0.6 is 11.6 Å². The first-order valence-electron chi connectivity index (χ1n) is 10.0. The highest BCUT2D eigenvalue weighted by molar-refractivity contribution is 6.30. The quantitative estimate of drug-likeness (QED) is 0.371. The van der Waals surface area contributed by atoms with Crippen molar-refractivity contribution >= 4 is 34.9 Å². The minimum Gasteiger partial charge on any atom is -0.481 e. The van der Waals surface area contributed by atoms with Crippen molar-refractivity contribution in [2.24, 2.45) is 0 Å². The van der Waals surface area contributed by atoms with Crippen molar-refractivity contribution in [1.29, 1.82) is 0 Å². The van der Waals surface area contributed by atoms with E-state index in [0.29, 0.717) is 16.3 Å². The summed E-state index contributed by atoms with van der Waals surface area (Å²) in [6.07, 6.45) is 0.942. The molecule has 0 fully saturated rings. The van der Waals surface area contributed by atoms with Gasteiger partial charge in [-0.3, -0.25) is 14.4 Å². The third-order valence-electron chi connectivity index (χ3n) is 4.77. The number of ether oxygens (including phenoxy) is 1. The fraction of sp³-hybridized carbons (Fsp3) is 0.208. The molecule has 0 bridgehead atoms. The summed E-state index contributed by atoms with van der Waals surface area (Å²) in [4.78, 5) is 49.3. The number of halogens is 1. The Morgan fingerprint density at radius 2 is 1.76 bits per heavy atom. The monoisotopic (exact) mass is 466 g/mol. The minimum atomic E-state index is -0.541. The minimum absolute atomic E-state index is 0.106. The number of hydrogen-bond acceptors (Lipinski definition) is 6. The van der Waals surface area contributed by atoms with Gasteiger partial charge in [0.1, 0.15) is 0 Å². The fourth-order valence-corrected chi connectivity index (χ4v) is 3.19. The Kier molecular flexibility index (Phi) is 7.74. The first kappa shape index (κ1) is 23.9. The van der Waals surface area contributed by atoms with E-state index in [4.69, 9.17) is 16.3 Å². The van der Waals surface area contributed by atoms with E-state index in [1.165, 1.54) is 29.2 Å². The molecule has 0 unspecified atom stereocenters. The number of hydrogen-bond donors (Lipinski definition) is 0. The van der Waals surface area contributed by atoms with E-state index in [1.54, 1.807) is 62.6 Å². The molecule has 0 spiro atoms. The molecule has 0 radical (unpaired) electrons. The van der Waals surface area contributed by atoms with Crippen LogP contribution in [0.2, 0.25) is 5.02 Å². The molecule has 0 saturated heterocycles. The Morgan fingerprint density at radius 1 is 1.03 bits per heavy atom. The average Bonchev–Trinajstić information content (AvgIpc) is 2.83. The number of aromatic nitrogens is 2. The van der Waals surface area contributed by atoms with E-state index in [2.05, 4.69) is 9.97 Å². The second kappa shape index (κ2) is 10.7. The van der Waals surface area contributed by atoms with Crippen LogP contribution in [0.5, 0.6) is 5.88 Å². The van der Waals surface area contributed by atoms with E-state index >= 15 is 0 Å². The van der Waals surface area contributed by atoms with Crippen LogP contribution in [0.25, 0.3) is 0 Å². The van der Waals surface area contributed by atoms with Gasteiger partial charge in [-0.05, 0) is 35.9 Å². The molecule has 0 N–H and O–H groups in total. The zero-order valence-electron chi connectivity index (χ0n) is 18.5. The number of carbonyl (C=O) groups is 3. The molecule has 33 heavy (non-hydrogen) atoms. The van der Waals surface area contributed by atoms with Crippen molar-refractivity contribution < 1.29 is 19.1 Å². The number of rotatable bonds is 8. The van der Waals surface area contributed by atoms with Crippen LogP contribution in [0.3, 0.4) is 0 Å². The van der Waals surface area contributed by atoms with Crippen LogP contribution in [-0.2, 0) is 11.3 Å². The van der Waals surface area contributed by atoms with Crippen molar-refractivity contribution in [1.82, 2.24) is 14.9 Å². The van der Waals surface area contributed by atoms with E-state index < -0.39 is 18.1 Å². The number of Topliss-reactive ketones (excluding diaryl/α,β-unsaturated/α-hetero) is 1. The molecule has 1 aromatic heterocycles. The average molecular weight is 467 g/mol. The van der Waals surface area contributed by atoms with Crippen molar-refractivity contribution in [3.63, 3.8) is 0 Å². The summed E-state index contributed by atoms with van der Waals surface area (Å²) in [6.45, 7) is 0.182. The van der Waals surface area contributed by atoms with Gasteiger partial charge in [-0.25, -0.2) is 4.98 Å². The molecule has 1 heterocycles. The number of anilines is 1. The van der Waals surface area contributed by atoms with Crippen LogP contribution in [0.4, 0.5) is 5.69 Å². The number of benzene rings is 2. The van der Waals surface area contributed by atoms with Gasteiger partial charge in [-0.2, -0.15) is 4.98 Å². The highest BCUT2D eigenvalue weighted by Crippen LogP contribution is 2.22. The zero-order valence-corrected chi connectivity index (χ0v) is 19.2. The first-order valence-corrected chi connectivity index (χ1v) is 10.4. The third kappa shape index (κ3) is 6.14. The topological polar surface area (TPSA) is 92.7 Å². The second-order valence-corrected chi connectivity index (χ2v) is 7.82. The van der Waals surface area contributed by atoms with E-state index in [1.807, 2.05) is 0 Å². The Balaban J connectivity index is 1.91. The molecular formula is C24H23ClN4O4. The molecular weight excluding hydrogens is 444 g/mol. The molecule has 0 aliphatic carbocycles. The number of amides is 2. The maximum absolute atomic E-state index is 13.3. The van der Waals surface area contributed by atoms with Crippen LogP contribution in [-0.4, -0.2) is 53.7 Å². The summed E-state index contributed by atoms with van der Waals surface area (Å²) in [7, 11) is 4.73. The summed E-state index contributed by atoms with van der Waals surface area (Å²) in [5.41, 5.74) is 1.72. The number of methoxy groups -OCH3 is 1. The predicted octanol–water partition coefficient (Wildman–Crippen LogP) is 3.65. The van der Waals surface area contributed by atoms with Crippen molar-refractivity contribution in [3.05, 3.63) is 82.8 Å². The van der Waals surface area contributed by atoms with Crippen LogP contribution < -0.4 is 9.64 Å². The molecule has 0 atom stereocenters. The molecule has 2 amide bonds. The second-order valence-electron chi connectivity index (χ2n) is 7.38. The van der Waals surface area contributed by atoms with Gasteiger partial charge in [-0.15, -0.1) is 0 Å². The lowest BCUT2D eigenvalue weighted by molar-refractivity contribution is -0.117. The highest BCUT2D eigenvalue weighted by Gasteiger charge is 2.23. The molecule has 3 rings (SSSR count). The van der Waals surface area contributed by atoms with Gasteiger partial charge in [-0.1, -0.05) is 29.8 Å². The van der Waals surface area contributed by atoms with E-state index in [9.17, 15) is 14.4 Å². The largest absolute Gasteiger partial charge is 0.481 e. The van der Waals surface area contributed by atoms with Gasteiger partial charge in [0.15, 0.2) is 5.82 Å². The van der Waals surface area contributed by atoms with Gasteiger partial charge in [0.25, 0.3) is 5.91 Å². The Morgan fingerprint density at radius 3 is 2.42 bits per heavy atom. The van der Waals surface area contributed by atoms with E-state index in [-0.39, 0.29) is 24.2 Å². The highest BCUT2D eigenvalue weighted by atomic mass is 35.5. The predicted molar refractivity (Wildman–Crippen MR) is 125 cm³/mol. The van der Waals surface area contributed by atoms with Gasteiger partial charge < -0.3 is 14.5 Å². The molecule has 170 valence electrons. The summed E-state index contributed by atoms with van der Waals surface area (Å²) < 4.78 is 5.02. The van der Waals surface area contributed by atoms with Crippen molar-refractivity contribution in [2.75, 3.05) is 26.1 Å². The molecule has 8 nitrogen and oxygen atoms in total. The Bertz CT molecular complexity index is 1170. The van der Waals surface area contributed by atoms with Gasteiger partial charge in [0, 0.05) is 42.6 Å². The summed E-state index contributed by atoms with van der Waals surface area (Å²) in [5.74, 6) is -1.08. The van der Waals surface area contributed by atoms with Crippen LogP contribution in [0.15, 0.2) is 60.8 Å². The molecule has 0 aliphatic heterocycles. The van der Waals surface area contributed by atoms with Gasteiger partial charge >= 0.3 is 0 Å². The zero-order chi connectivity index (χ0) is 24.0. The number of nitrogens with zero attached hydrogens (tertiary/aromatic N) is 4. The van der Waals surface area contributed by atoms with Crippen LogP contribution in [0, 0.1) is 0 Å². The van der Waals surface area contributed by atoms with Gasteiger partial charge in [0.2, 0.25) is 17.6 Å². The van der Waals surface area contributed by atoms with Crippen molar-refractivity contribution in [2.45, 2.75) is 13.0 Å². The van der Waals surface area contributed by atoms with E-state index in [0.717, 1.165) is 5.56 Å². The molecule has 2 aromatic carbocycles. The summed E-state index contributed by atoms with van der Waals surface area (Å²) in [6, 6.07) is 15.3. The van der Waals surface area contributed by atoms with Gasteiger partial charge in [0.05, 0.1) is 20.1 Å². The smallest absolute Gasteiger partial charge is 0.253 e. The normalized spacial score (nSPS) is 10.4. The lowest BCUT2D eigenvalue weighted by Gasteiger charge is -2.24. The molecule has 9 heteroatoms. The Hall–Kier alpha value is -3.78. The SMILES string of the molecule is COc1ccnc(C(=O)CC(=O)N(Cc2ccc(Cl)cc2)c2cccc(C(=O)N(C)C)c2)n1. The summed E-state index contributed by atoms with van der Waals surface area (Å²) >= 11 is 5.98. The lowest BCUT2D eigenvalue weighted by atomic mass is 10.1.